The molecular formula is C21H25FN4O2. The number of hydrogen-bond donors (Lipinski definition) is 3. The second kappa shape index (κ2) is 9.55. The minimum absolute atomic E-state index is 0.171. The normalized spacial score (nSPS) is 10.6. The van der Waals surface area contributed by atoms with Crippen molar-refractivity contribution in [3.63, 3.8) is 0 Å². The van der Waals surface area contributed by atoms with Crippen LogP contribution in [0, 0.1) is 12.7 Å². The van der Waals surface area contributed by atoms with E-state index < -0.39 is 5.82 Å². The van der Waals surface area contributed by atoms with Crippen molar-refractivity contribution >= 4 is 28.4 Å². The molecule has 0 aliphatic rings. The molecule has 0 aliphatic carbocycles. The summed E-state index contributed by atoms with van der Waals surface area (Å²) in [6.07, 6.45) is 3.91. The van der Waals surface area contributed by atoms with Crippen LogP contribution in [0.5, 0.6) is 0 Å². The number of benzene rings is 1. The van der Waals surface area contributed by atoms with E-state index in [1.165, 1.54) is 12.1 Å². The molecule has 0 atom stereocenters. The fourth-order valence-electron chi connectivity index (χ4n) is 2.78. The second-order valence-corrected chi connectivity index (χ2v) is 5.86. The van der Waals surface area contributed by atoms with Crippen LogP contribution in [-0.2, 0) is 7.05 Å². The zero-order valence-corrected chi connectivity index (χ0v) is 16.5. The Morgan fingerprint density at radius 1 is 1.32 bits per heavy atom. The van der Waals surface area contributed by atoms with E-state index in [0.717, 1.165) is 11.8 Å². The van der Waals surface area contributed by atoms with Gasteiger partial charge in [-0.15, -0.1) is 0 Å². The number of aliphatic hydroxyl groups excluding tert-OH is 1. The lowest BCUT2D eigenvalue weighted by atomic mass is 10.1. The molecule has 0 unspecified atom stereocenters. The Balaban J connectivity index is 0.00000136. The average Bonchev–Trinajstić information content (AvgIpc) is 2.98. The van der Waals surface area contributed by atoms with Crippen molar-refractivity contribution in [3.05, 3.63) is 65.8 Å². The van der Waals surface area contributed by atoms with Crippen LogP contribution in [0.1, 0.15) is 29.8 Å². The van der Waals surface area contributed by atoms with E-state index in [2.05, 4.69) is 15.6 Å². The summed E-state index contributed by atoms with van der Waals surface area (Å²) < 4.78 is 16.0. The topological polar surface area (TPSA) is 79.2 Å². The lowest BCUT2D eigenvalue weighted by molar-refractivity contribution is 0.0960. The number of nitrogens with one attached hydrogen (secondary N) is 2. The molecule has 28 heavy (non-hydrogen) atoms. The third kappa shape index (κ3) is 4.31. The predicted octanol–water partition coefficient (Wildman–Crippen LogP) is 4.59. The highest BCUT2D eigenvalue weighted by atomic mass is 19.1. The van der Waals surface area contributed by atoms with Crippen LogP contribution in [0.4, 0.5) is 15.9 Å². The molecule has 0 radical (unpaired) electrons. The number of anilines is 2. The number of amides is 1. The van der Waals surface area contributed by atoms with Gasteiger partial charge in [-0.1, -0.05) is 19.9 Å². The van der Waals surface area contributed by atoms with Crippen LogP contribution in [0.3, 0.4) is 0 Å². The quantitative estimate of drug-likeness (QED) is 0.562. The van der Waals surface area contributed by atoms with E-state index in [1.807, 2.05) is 13.8 Å². The van der Waals surface area contributed by atoms with Gasteiger partial charge in [0.2, 0.25) is 0 Å². The van der Waals surface area contributed by atoms with Crippen molar-refractivity contribution in [2.24, 2.45) is 7.05 Å². The first-order chi connectivity index (χ1) is 13.5. The van der Waals surface area contributed by atoms with Crippen LogP contribution < -0.4 is 10.6 Å². The Morgan fingerprint density at radius 3 is 2.75 bits per heavy atom. The summed E-state index contributed by atoms with van der Waals surface area (Å²) in [6, 6.07) is 8.37. The van der Waals surface area contributed by atoms with Crippen molar-refractivity contribution in [1.29, 1.82) is 0 Å². The standard InChI is InChI=1S/C19H19FN4O2.C2H6/c1-12-6-7-15(14(20)11-12)23-18-16(19(26)22-9-4-10-25)13-5-3-8-21-17(13)24(18)2;1-2/h3-8,10-11,23,25H,9H2,1-2H3,(H,22,26);1-2H3/b10-4+;. The minimum atomic E-state index is -0.405. The van der Waals surface area contributed by atoms with E-state index >= 15 is 0 Å². The first-order valence-corrected chi connectivity index (χ1v) is 9.07. The monoisotopic (exact) mass is 384 g/mol. The lowest BCUT2D eigenvalue weighted by Gasteiger charge is -2.12. The highest BCUT2D eigenvalue weighted by Gasteiger charge is 2.22. The minimum Gasteiger partial charge on any atom is -0.516 e. The van der Waals surface area contributed by atoms with E-state index in [1.54, 1.807) is 49.0 Å². The second-order valence-electron chi connectivity index (χ2n) is 5.86. The molecule has 2 aromatic heterocycles. The van der Waals surface area contributed by atoms with Gasteiger partial charge in [0.15, 0.2) is 0 Å². The summed E-state index contributed by atoms with van der Waals surface area (Å²) in [5.41, 5.74) is 2.04. The molecule has 7 heteroatoms. The van der Waals surface area contributed by atoms with Crippen molar-refractivity contribution in [2.75, 3.05) is 11.9 Å². The van der Waals surface area contributed by atoms with E-state index in [4.69, 9.17) is 5.11 Å². The summed E-state index contributed by atoms with van der Waals surface area (Å²) >= 11 is 0. The fraction of sp³-hybridized carbons (Fsp3) is 0.238. The molecule has 1 amide bonds. The van der Waals surface area contributed by atoms with E-state index in [9.17, 15) is 9.18 Å². The maximum atomic E-state index is 14.3. The number of hydrogen-bond acceptors (Lipinski definition) is 4. The van der Waals surface area contributed by atoms with Crippen LogP contribution in [0.15, 0.2) is 48.9 Å². The summed E-state index contributed by atoms with van der Waals surface area (Å²) in [7, 11) is 1.76. The Kier molecular flexibility index (Phi) is 7.14. The lowest BCUT2D eigenvalue weighted by Crippen LogP contribution is -2.24. The molecule has 0 aliphatic heterocycles. The molecule has 6 nitrogen and oxygen atoms in total. The van der Waals surface area contributed by atoms with Crippen LogP contribution in [0.25, 0.3) is 11.0 Å². The molecule has 0 saturated carbocycles. The van der Waals surface area contributed by atoms with Crippen LogP contribution >= 0.6 is 0 Å². The SMILES string of the molecule is CC.Cc1ccc(Nc2c(C(=O)NC/C=C/O)c3cccnc3n2C)c(F)c1. The molecule has 3 N–H and O–H groups in total. The van der Waals surface area contributed by atoms with Gasteiger partial charge in [0.25, 0.3) is 5.91 Å². The number of carbonyl (C=O) groups excluding carboxylic acids is 1. The molecule has 148 valence electrons. The summed E-state index contributed by atoms with van der Waals surface area (Å²) in [5, 5.41) is 15.1. The third-order valence-corrected chi connectivity index (χ3v) is 4.04. The fourth-order valence-corrected chi connectivity index (χ4v) is 2.78. The van der Waals surface area contributed by atoms with Gasteiger partial charge in [-0.2, -0.15) is 0 Å². The van der Waals surface area contributed by atoms with Gasteiger partial charge in [-0.05, 0) is 42.8 Å². The Bertz CT molecular complexity index is 995. The summed E-state index contributed by atoms with van der Waals surface area (Å²) in [4.78, 5) is 17.0. The number of aromatic nitrogens is 2. The summed E-state index contributed by atoms with van der Waals surface area (Å²) in [5.74, 6) is -0.318. The smallest absolute Gasteiger partial charge is 0.255 e. The molecule has 0 saturated heterocycles. The Morgan fingerprint density at radius 2 is 2.07 bits per heavy atom. The molecule has 0 fully saturated rings. The highest BCUT2D eigenvalue weighted by molar-refractivity contribution is 6.11. The van der Waals surface area contributed by atoms with E-state index in [0.29, 0.717) is 22.4 Å². The number of fused-ring (bicyclic) bond motifs is 1. The molecule has 2 heterocycles. The maximum absolute atomic E-state index is 14.3. The summed E-state index contributed by atoms with van der Waals surface area (Å²) in [6.45, 7) is 5.98. The van der Waals surface area contributed by atoms with Gasteiger partial charge < -0.3 is 20.3 Å². The van der Waals surface area contributed by atoms with Gasteiger partial charge in [0.1, 0.15) is 17.3 Å². The van der Waals surface area contributed by atoms with Crippen LogP contribution in [-0.4, -0.2) is 27.1 Å². The number of carbonyl (C=O) groups is 1. The number of aryl methyl sites for hydroxylation is 2. The number of halogens is 1. The van der Waals surface area contributed by atoms with Gasteiger partial charge in [0, 0.05) is 25.2 Å². The maximum Gasteiger partial charge on any atom is 0.255 e. The number of nitrogens with zero attached hydrogens (tertiary/aromatic N) is 2. The molecule has 0 spiro atoms. The van der Waals surface area contributed by atoms with Gasteiger partial charge in [-0.25, -0.2) is 9.37 Å². The molecule has 3 rings (SSSR count). The molecular weight excluding hydrogens is 359 g/mol. The van der Waals surface area contributed by atoms with Gasteiger partial charge in [-0.3, -0.25) is 4.79 Å². The Labute approximate surface area is 163 Å². The predicted molar refractivity (Wildman–Crippen MR) is 111 cm³/mol. The van der Waals surface area contributed by atoms with Crippen molar-refractivity contribution in [2.45, 2.75) is 20.8 Å². The number of rotatable bonds is 5. The number of pyridine rings is 1. The van der Waals surface area contributed by atoms with Crippen LogP contribution in [0.2, 0.25) is 0 Å². The van der Waals surface area contributed by atoms with Crippen molar-refractivity contribution in [3.8, 4) is 0 Å². The zero-order chi connectivity index (χ0) is 20.7. The highest BCUT2D eigenvalue weighted by Crippen LogP contribution is 2.31. The molecule has 0 bridgehead atoms. The average molecular weight is 384 g/mol. The van der Waals surface area contributed by atoms with Gasteiger partial charge >= 0.3 is 0 Å². The van der Waals surface area contributed by atoms with Crippen molar-refractivity contribution in [1.82, 2.24) is 14.9 Å². The Hall–Kier alpha value is -3.35. The van der Waals surface area contributed by atoms with Gasteiger partial charge in [0.05, 0.1) is 17.5 Å². The molecule has 1 aromatic carbocycles. The first-order valence-electron chi connectivity index (χ1n) is 9.07. The largest absolute Gasteiger partial charge is 0.516 e. The first kappa shape index (κ1) is 21.0. The third-order valence-electron chi connectivity index (χ3n) is 4.04. The van der Waals surface area contributed by atoms with E-state index in [-0.39, 0.29) is 18.1 Å². The zero-order valence-electron chi connectivity index (χ0n) is 16.5. The molecule has 3 aromatic rings. The van der Waals surface area contributed by atoms with Crippen molar-refractivity contribution < 1.29 is 14.3 Å². The number of aliphatic hydroxyl groups is 1.